The maximum absolute atomic E-state index is 12.6. The maximum Gasteiger partial charge on any atom is 0.416 e. The quantitative estimate of drug-likeness (QED) is 0.877. The highest BCUT2D eigenvalue weighted by atomic mass is 19.4. The van der Waals surface area contributed by atoms with Gasteiger partial charge in [-0.2, -0.15) is 13.2 Å². The minimum atomic E-state index is -4.42. The lowest BCUT2D eigenvalue weighted by atomic mass is 9.96. The summed E-state index contributed by atoms with van der Waals surface area (Å²) < 4.78 is 37.9. The van der Waals surface area contributed by atoms with Crippen LogP contribution < -0.4 is 10.6 Å². The van der Waals surface area contributed by atoms with Gasteiger partial charge in [-0.05, 0) is 18.2 Å². The molecular formula is C17H19F3N4O. The van der Waals surface area contributed by atoms with Crippen molar-refractivity contribution in [1.29, 1.82) is 0 Å². The SMILES string of the molecule is CC(C)(C)c1ncc(NC(=O)CNc2cccc(C(F)(F)F)c2)cn1. The fraction of sp³-hybridized carbons (Fsp3) is 0.353. The fourth-order valence-electron chi connectivity index (χ4n) is 1.97. The normalized spacial score (nSPS) is 11.9. The number of halogens is 3. The first-order valence-corrected chi connectivity index (χ1v) is 7.59. The van der Waals surface area contributed by atoms with Crippen molar-refractivity contribution < 1.29 is 18.0 Å². The van der Waals surface area contributed by atoms with Gasteiger partial charge in [0.2, 0.25) is 5.91 Å². The molecule has 8 heteroatoms. The molecule has 1 amide bonds. The van der Waals surface area contributed by atoms with Crippen LogP contribution in [0.1, 0.15) is 32.2 Å². The second kappa shape index (κ2) is 7.08. The molecule has 0 saturated heterocycles. The van der Waals surface area contributed by atoms with Gasteiger partial charge in [0.25, 0.3) is 0 Å². The molecule has 1 aromatic carbocycles. The first-order chi connectivity index (χ1) is 11.6. The van der Waals surface area contributed by atoms with E-state index in [-0.39, 0.29) is 17.6 Å². The number of hydrogen-bond acceptors (Lipinski definition) is 4. The summed E-state index contributed by atoms with van der Waals surface area (Å²) in [6.07, 6.45) is -1.43. The molecule has 5 nitrogen and oxygen atoms in total. The molecule has 0 saturated carbocycles. The highest BCUT2D eigenvalue weighted by molar-refractivity contribution is 5.93. The Morgan fingerprint density at radius 2 is 1.72 bits per heavy atom. The summed E-state index contributed by atoms with van der Waals surface area (Å²) in [6.45, 7) is 5.74. The van der Waals surface area contributed by atoms with E-state index in [2.05, 4.69) is 20.6 Å². The van der Waals surface area contributed by atoms with Crippen molar-refractivity contribution in [2.45, 2.75) is 32.4 Å². The van der Waals surface area contributed by atoms with Gasteiger partial charge in [-0.25, -0.2) is 9.97 Å². The molecule has 0 fully saturated rings. The Bertz CT molecular complexity index is 737. The number of amides is 1. The van der Waals surface area contributed by atoms with Gasteiger partial charge in [-0.1, -0.05) is 26.8 Å². The zero-order valence-corrected chi connectivity index (χ0v) is 14.1. The van der Waals surface area contributed by atoms with Gasteiger partial charge in [0.1, 0.15) is 5.82 Å². The van der Waals surface area contributed by atoms with Crippen LogP contribution in [0.2, 0.25) is 0 Å². The average molecular weight is 352 g/mol. The number of aromatic nitrogens is 2. The lowest BCUT2D eigenvalue weighted by Crippen LogP contribution is -2.22. The van der Waals surface area contributed by atoms with Gasteiger partial charge >= 0.3 is 6.18 Å². The number of benzene rings is 1. The third-order valence-electron chi connectivity index (χ3n) is 3.25. The third-order valence-corrected chi connectivity index (χ3v) is 3.25. The Balaban J connectivity index is 1.93. The van der Waals surface area contributed by atoms with Gasteiger partial charge in [0.05, 0.1) is 30.2 Å². The van der Waals surface area contributed by atoms with E-state index in [1.54, 1.807) is 0 Å². The molecule has 2 N–H and O–H groups in total. The molecule has 0 atom stereocenters. The molecule has 0 aliphatic heterocycles. The Kier molecular flexibility index (Phi) is 5.30. The molecule has 0 aliphatic carbocycles. The maximum atomic E-state index is 12.6. The van der Waals surface area contributed by atoms with E-state index in [0.29, 0.717) is 11.5 Å². The van der Waals surface area contributed by atoms with Gasteiger partial charge in [0, 0.05) is 11.1 Å². The first-order valence-electron chi connectivity index (χ1n) is 7.59. The summed E-state index contributed by atoms with van der Waals surface area (Å²) in [5.41, 5.74) is -0.342. The van der Waals surface area contributed by atoms with Crippen molar-refractivity contribution in [3.63, 3.8) is 0 Å². The Morgan fingerprint density at radius 3 is 2.28 bits per heavy atom. The van der Waals surface area contributed by atoms with Crippen molar-refractivity contribution in [2.24, 2.45) is 0 Å². The van der Waals surface area contributed by atoms with Gasteiger partial charge in [-0.15, -0.1) is 0 Å². The summed E-state index contributed by atoms with van der Waals surface area (Å²) in [5, 5.41) is 5.25. The number of nitrogens with zero attached hydrogens (tertiary/aromatic N) is 2. The monoisotopic (exact) mass is 352 g/mol. The number of rotatable bonds is 4. The lowest BCUT2D eigenvalue weighted by molar-refractivity contribution is -0.137. The minimum Gasteiger partial charge on any atom is -0.376 e. The smallest absolute Gasteiger partial charge is 0.376 e. The number of hydrogen-bond donors (Lipinski definition) is 2. The van der Waals surface area contributed by atoms with Crippen LogP contribution >= 0.6 is 0 Å². The largest absolute Gasteiger partial charge is 0.416 e. The summed E-state index contributed by atoms with van der Waals surface area (Å²) in [7, 11) is 0. The van der Waals surface area contributed by atoms with E-state index >= 15 is 0 Å². The average Bonchev–Trinajstić information content (AvgIpc) is 2.52. The van der Waals surface area contributed by atoms with E-state index in [1.807, 2.05) is 20.8 Å². The van der Waals surface area contributed by atoms with E-state index in [9.17, 15) is 18.0 Å². The predicted octanol–water partition coefficient (Wildman–Crippen LogP) is 3.84. The van der Waals surface area contributed by atoms with Crippen LogP contribution in [0.25, 0.3) is 0 Å². The van der Waals surface area contributed by atoms with Crippen molar-refractivity contribution in [2.75, 3.05) is 17.2 Å². The third kappa shape index (κ3) is 5.44. The second-order valence-electron chi connectivity index (χ2n) is 6.53. The van der Waals surface area contributed by atoms with Crippen LogP contribution in [0, 0.1) is 0 Å². The summed E-state index contributed by atoms with van der Waals surface area (Å²) in [5.74, 6) is 0.233. The fourth-order valence-corrected chi connectivity index (χ4v) is 1.97. The Hall–Kier alpha value is -2.64. The lowest BCUT2D eigenvalue weighted by Gasteiger charge is -2.16. The number of carbonyl (C=O) groups excluding carboxylic acids is 1. The molecule has 0 aliphatic rings. The molecule has 0 radical (unpaired) electrons. The minimum absolute atomic E-state index is 0.178. The second-order valence-corrected chi connectivity index (χ2v) is 6.53. The molecule has 0 spiro atoms. The predicted molar refractivity (Wildman–Crippen MR) is 89.3 cm³/mol. The van der Waals surface area contributed by atoms with Crippen LogP contribution in [0.15, 0.2) is 36.7 Å². The Labute approximate surface area is 143 Å². The van der Waals surface area contributed by atoms with Gasteiger partial charge in [0.15, 0.2) is 0 Å². The van der Waals surface area contributed by atoms with Crippen molar-refractivity contribution in [1.82, 2.24) is 9.97 Å². The van der Waals surface area contributed by atoms with Crippen molar-refractivity contribution >= 4 is 17.3 Å². The zero-order valence-electron chi connectivity index (χ0n) is 14.1. The first kappa shape index (κ1) is 18.7. The zero-order chi connectivity index (χ0) is 18.7. The van der Waals surface area contributed by atoms with Crippen molar-refractivity contribution in [3.05, 3.63) is 48.0 Å². The number of nitrogens with one attached hydrogen (secondary N) is 2. The summed E-state index contributed by atoms with van der Waals surface area (Å²) >= 11 is 0. The topological polar surface area (TPSA) is 66.9 Å². The van der Waals surface area contributed by atoms with Crippen LogP contribution in [-0.2, 0) is 16.4 Å². The Morgan fingerprint density at radius 1 is 1.08 bits per heavy atom. The van der Waals surface area contributed by atoms with E-state index in [1.165, 1.54) is 24.5 Å². The molecule has 134 valence electrons. The number of carbonyl (C=O) groups is 1. The highest BCUT2D eigenvalue weighted by Gasteiger charge is 2.30. The molecule has 2 rings (SSSR count). The van der Waals surface area contributed by atoms with Crippen LogP contribution in [-0.4, -0.2) is 22.4 Å². The van der Waals surface area contributed by atoms with Crippen LogP contribution in [0.3, 0.4) is 0 Å². The molecule has 0 bridgehead atoms. The van der Waals surface area contributed by atoms with Gasteiger partial charge in [-0.3, -0.25) is 4.79 Å². The van der Waals surface area contributed by atoms with E-state index in [0.717, 1.165) is 12.1 Å². The molecule has 0 unspecified atom stereocenters. The summed E-state index contributed by atoms with van der Waals surface area (Å²) in [4.78, 5) is 20.3. The molecule has 2 aromatic rings. The van der Waals surface area contributed by atoms with Gasteiger partial charge < -0.3 is 10.6 Å². The van der Waals surface area contributed by atoms with Crippen molar-refractivity contribution in [3.8, 4) is 0 Å². The molecular weight excluding hydrogens is 333 g/mol. The van der Waals surface area contributed by atoms with E-state index < -0.39 is 17.6 Å². The highest BCUT2D eigenvalue weighted by Crippen LogP contribution is 2.30. The number of alkyl halides is 3. The molecule has 25 heavy (non-hydrogen) atoms. The molecule has 1 aromatic heterocycles. The summed E-state index contributed by atoms with van der Waals surface area (Å²) in [6, 6.07) is 4.67. The molecule has 1 heterocycles. The standard InChI is InChI=1S/C17H19F3N4O/c1-16(2,3)15-22-8-13(9-23-15)24-14(25)10-21-12-6-4-5-11(7-12)17(18,19)20/h4-9,21H,10H2,1-3H3,(H,24,25). The van der Waals surface area contributed by atoms with E-state index in [4.69, 9.17) is 0 Å². The number of anilines is 2. The van der Waals surface area contributed by atoms with Crippen LogP contribution in [0.5, 0.6) is 0 Å². The van der Waals surface area contributed by atoms with Crippen LogP contribution in [0.4, 0.5) is 24.5 Å².